The van der Waals surface area contributed by atoms with Crippen LogP contribution in [0.25, 0.3) is 0 Å². The van der Waals surface area contributed by atoms with Gasteiger partial charge in [0, 0.05) is 12.4 Å². The van der Waals surface area contributed by atoms with Gasteiger partial charge in [0.1, 0.15) is 12.4 Å². The maximum absolute atomic E-state index is 8.84. The Morgan fingerprint density at radius 2 is 2.16 bits per heavy atom. The molecule has 0 amide bonds. The molecule has 1 heterocycles. The molecular weight excluding hydrogens is 242 g/mol. The van der Waals surface area contributed by atoms with Gasteiger partial charge in [-0.15, -0.1) is 0 Å². The Bertz CT molecular complexity index is 518. The lowest BCUT2D eigenvalue weighted by atomic mass is 10.1. The van der Waals surface area contributed by atoms with Gasteiger partial charge in [0.25, 0.3) is 0 Å². The van der Waals surface area contributed by atoms with Crippen LogP contribution in [0.2, 0.25) is 0 Å². The maximum atomic E-state index is 8.84. The standard InChI is InChI=1S/C14H17N3O2/c1-2-14(16-18)12-4-6-13(7-5-12)19-11-10-17-9-3-8-15-17/h3-9,18H,2,10-11H2,1H3. The first-order valence-electron chi connectivity index (χ1n) is 6.25. The van der Waals surface area contributed by atoms with E-state index in [0.717, 1.165) is 11.3 Å². The lowest BCUT2D eigenvalue weighted by Crippen LogP contribution is -2.08. The van der Waals surface area contributed by atoms with E-state index in [9.17, 15) is 0 Å². The quantitative estimate of drug-likeness (QED) is 0.492. The highest BCUT2D eigenvalue weighted by Gasteiger charge is 2.02. The van der Waals surface area contributed by atoms with Gasteiger partial charge in [-0.25, -0.2) is 0 Å². The first-order chi connectivity index (χ1) is 9.33. The van der Waals surface area contributed by atoms with E-state index in [2.05, 4.69) is 10.3 Å². The molecule has 1 aromatic carbocycles. The van der Waals surface area contributed by atoms with Crippen LogP contribution in [0.1, 0.15) is 18.9 Å². The van der Waals surface area contributed by atoms with Crippen LogP contribution in [0.4, 0.5) is 0 Å². The number of rotatable bonds is 6. The van der Waals surface area contributed by atoms with Gasteiger partial charge in [0.2, 0.25) is 0 Å². The van der Waals surface area contributed by atoms with Crippen molar-refractivity contribution < 1.29 is 9.94 Å². The number of ether oxygens (including phenoxy) is 1. The Morgan fingerprint density at radius 1 is 1.37 bits per heavy atom. The van der Waals surface area contributed by atoms with Crippen LogP contribution in [-0.4, -0.2) is 27.3 Å². The number of aromatic nitrogens is 2. The summed E-state index contributed by atoms with van der Waals surface area (Å²) >= 11 is 0. The molecule has 5 nitrogen and oxygen atoms in total. The molecule has 2 rings (SSSR count). The summed E-state index contributed by atoms with van der Waals surface area (Å²) in [7, 11) is 0. The van der Waals surface area contributed by atoms with Gasteiger partial charge in [-0.3, -0.25) is 4.68 Å². The molecule has 5 heteroatoms. The zero-order valence-corrected chi connectivity index (χ0v) is 10.9. The fourth-order valence-electron chi connectivity index (χ4n) is 1.77. The predicted molar refractivity (Wildman–Crippen MR) is 72.8 cm³/mol. The van der Waals surface area contributed by atoms with Gasteiger partial charge in [0.15, 0.2) is 0 Å². The summed E-state index contributed by atoms with van der Waals surface area (Å²) in [5.74, 6) is 0.796. The van der Waals surface area contributed by atoms with Crippen molar-refractivity contribution in [3.8, 4) is 5.75 Å². The van der Waals surface area contributed by atoms with Crippen LogP contribution in [0.15, 0.2) is 47.9 Å². The average Bonchev–Trinajstić information content (AvgIpc) is 2.95. The molecule has 0 unspecified atom stereocenters. The molecule has 0 aliphatic rings. The Hall–Kier alpha value is -2.30. The SMILES string of the molecule is CCC(=NO)c1ccc(OCCn2cccn2)cc1. The van der Waals surface area contributed by atoms with Gasteiger partial charge in [-0.1, -0.05) is 12.1 Å². The van der Waals surface area contributed by atoms with Crippen LogP contribution in [0.3, 0.4) is 0 Å². The molecule has 0 saturated heterocycles. The molecule has 2 aromatic rings. The van der Waals surface area contributed by atoms with E-state index < -0.39 is 0 Å². The summed E-state index contributed by atoms with van der Waals surface area (Å²) in [6.07, 6.45) is 4.34. The molecule has 0 fully saturated rings. The number of oxime groups is 1. The van der Waals surface area contributed by atoms with Crippen molar-refractivity contribution in [2.45, 2.75) is 19.9 Å². The molecule has 19 heavy (non-hydrogen) atoms. The first-order valence-corrected chi connectivity index (χ1v) is 6.25. The van der Waals surface area contributed by atoms with E-state index in [-0.39, 0.29) is 0 Å². The average molecular weight is 259 g/mol. The summed E-state index contributed by atoms with van der Waals surface area (Å²) in [5, 5.41) is 16.2. The lowest BCUT2D eigenvalue weighted by Gasteiger charge is -2.07. The van der Waals surface area contributed by atoms with Crippen LogP contribution in [0.5, 0.6) is 5.75 Å². The van der Waals surface area contributed by atoms with E-state index in [1.807, 2.05) is 48.1 Å². The second-order valence-electron chi connectivity index (χ2n) is 4.04. The van der Waals surface area contributed by atoms with Crippen LogP contribution in [-0.2, 0) is 6.54 Å². The normalized spacial score (nSPS) is 11.5. The lowest BCUT2D eigenvalue weighted by molar-refractivity contribution is 0.291. The number of hydrogen-bond donors (Lipinski definition) is 1. The summed E-state index contributed by atoms with van der Waals surface area (Å²) in [5.41, 5.74) is 1.58. The highest BCUT2D eigenvalue weighted by molar-refractivity contribution is 6.00. The topological polar surface area (TPSA) is 59.6 Å². The second-order valence-corrected chi connectivity index (χ2v) is 4.04. The molecule has 100 valence electrons. The van der Waals surface area contributed by atoms with Crippen molar-refractivity contribution in [1.82, 2.24) is 9.78 Å². The Morgan fingerprint density at radius 3 is 2.74 bits per heavy atom. The Labute approximate surface area is 112 Å². The zero-order valence-electron chi connectivity index (χ0n) is 10.9. The fraction of sp³-hybridized carbons (Fsp3) is 0.286. The van der Waals surface area contributed by atoms with Crippen molar-refractivity contribution in [2.75, 3.05) is 6.61 Å². The maximum Gasteiger partial charge on any atom is 0.119 e. The molecular formula is C14H17N3O2. The predicted octanol–water partition coefficient (Wildman–Crippen LogP) is 2.55. The highest BCUT2D eigenvalue weighted by Crippen LogP contribution is 2.14. The molecule has 0 atom stereocenters. The fourth-order valence-corrected chi connectivity index (χ4v) is 1.77. The summed E-state index contributed by atoms with van der Waals surface area (Å²) in [6, 6.07) is 9.41. The summed E-state index contributed by atoms with van der Waals surface area (Å²) in [4.78, 5) is 0. The second kappa shape index (κ2) is 6.58. The van der Waals surface area contributed by atoms with Crippen molar-refractivity contribution in [3.63, 3.8) is 0 Å². The van der Waals surface area contributed by atoms with E-state index >= 15 is 0 Å². The Kier molecular flexibility index (Phi) is 4.55. The smallest absolute Gasteiger partial charge is 0.119 e. The minimum atomic E-state index is 0.565. The van der Waals surface area contributed by atoms with Crippen molar-refractivity contribution in [3.05, 3.63) is 48.3 Å². The first kappa shape index (κ1) is 13.1. The van der Waals surface area contributed by atoms with Gasteiger partial charge < -0.3 is 9.94 Å². The summed E-state index contributed by atoms with van der Waals surface area (Å²) < 4.78 is 7.44. The third kappa shape index (κ3) is 3.58. The van der Waals surface area contributed by atoms with Crippen molar-refractivity contribution >= 4 is 5.71 Å². The third-order valence-corrected chi connectivity index (χ3v) is 2.79. The van der Waals surface area contributed by atoms with Crippen LogP contribution in [0, 0.1) is 0 Å². The van der Waals surface area contributed by atoms with Crippen LogP contribution < -0.4 is 4.74 Å². The molecule has 0 saturated carbocycles. The number of nitrogens with zero attached hydrogens (tertiary/aromatic N) is 3. The van der Waals surface area contributed by atoms with Gasteiger partial charge in [-0.2, -0.15) is 5.10 Å². The summed E-state index contributed by atoms with van der Waals surface area (Å²) in [6.45, 7) is 3.23. The van der Waals surface area contributed by atoms with E-state index in [4.69, 9.17) is 9.94 Å². The third-order valence-electron chi connectivity index (χ3n) is 2.79. The molecule has 0 aliphatic heterocycles. The zero-order chi connectivity index (χ0) is 13.5. The van der Waals surface area contributed by atoms with E-state index in [0.29, 0.717) is 25.3 Å². The molecule has 0 bridgehead atoms. The number of benzene rings is 1. The monoisotopic (exact) mass is 259 g/mol. The molecule has 0 spiro atoms. The molecule has 0 aliphatic carbocycles. The van der Waals surface area contributed by atoms with Gasteiger partial charge in [0.05, 0.1) is 12.3 Å². The molecule has 0 radical (unpaired) electrons. The minimum Gasteiger partial charge on any atom is -0.492 e. The Balaban J connectivity index is 1.88. The van der Waals surface area contributed by atoms with Gasteiger partial charge >= 0.3 is 0 Å². The highest BCUT2D eigenvalue weighted by atomic mass is 16.5. The largest absolute Gasteiger partial charge is 0.492 e. The number of hydrogen-bond acceptors (Lipinski definition) is 4. The van der Waals surface area contributed by atoms with E-state index in [1.165, 1.54) is 0 Å². The van der Waals surface area contributed by atoms with Crippen molar-refractivity contribution in [1.29, 1.82) is 0 Å². The van der Waals surface area contributed by atoms with Crippen molar-refractivity contribution in [2.24, 2.45) is 5.16 Å². The molecule has 1 aromatic heterocycles. The minimum absolute atomic E-state index is 0.565. The van der Waals surface area contributed by atoms with Crippen LogP contribution >= 0.6 is 0 Å². The van der Waals surface area contributed by atoms with E-state index in [1.54, 1.807) is 6.20 Å². The molecule has 1 N–H and O–H groups in total. The van der Waals surface area contributed by atoms with Gasteiger partial charge in [-0.05, 0) is 42.3 Å².